The van der Waals surface area contributed by atoms with Crippen LogP contribution < -0.4 is 0 Å². The molecule has 0 aromatic heterocycles. The molecule has 0 saturated heterocycles. The van der Waals surface area contributed by atoms with Gasteiger partial charge in [0.2, 0.25) is 0 Å². The molecule has 0 radical (unpaired) electrons. The summed E-state index contributed by atoms with van der Waals surface area (Å²) >= 11 is 9.16. The molecule has 0 bridgehead atoms. The number of benzene rings is 1. The maximum atomic E-state index is 8.47. The Kier molecular flexibility index (Phi) is 4.27. The Morgan fingerprint density at radius 3 is 2.77 bits per heavy atom. The molecule has 0 heterocycles. The van der Waals surface area contributed by atoms with Crippen molar-refractivity contribution in [1.29, 1.82) is 5.26 Å². The molecule has 0 amide bonds. The van der Waals surface area contributed by atoms with Crippen molar-refractivity contribution in [1.82, 2.24) is 0 Å². The van der Waals surface area contributed by atoms with Gasteiger partial charge in [-0.05, 0) is 29.7 Å². The van der Waals surface area contributed by atoms with E-state index in [0.717, 1.165) is 22.0 Å². The fourth-order valence-corrected chi connectivity index (χ4v) is 1.82. The second-order valence-electron chi connectivity index (χ2n) is 2.70. The topological polar surface area (TPSA) is 23.8 Å². The van der Waals surface area contributed by atoms with Gasteiger partial charge in [0, 0.05) is 16.8 Å². The second kappa shape index (κ2) is 5.26. The number of hydrogen-bond acceptors (Lipinski definition) is 1. The molecule has 13 heavy (non-hydrogen) atoms. The summed E-state index contributed by atoms with van der Waals surface area (Å²) in [5.41, 5.74) is 2.27. The molecule has 1 nitrogen and oxygen atoms in total. The van der Waals surface area contributed by atoms with Crippen molar-refractivity contribution >= 4 is 27.5 Å². The van der Waals surface area contributed by atoms with Crippen LogP contribution >= 0.6 is 27.5 Å². The Bertz CT molecular complexity index is 330. The maximum absolute atomic E-state index is 8.47. The summed E-state index contributed by atoms with van der Waals surface area (Å²) in [7, 11) is 0. The van der Waals surface area contributed by atoms with Crippen LogP contribution in [-0.4, -0.2) is 0 Å². The van der Waals surface area contributed by atoms with E-state index in [1.807, 2.05) is 18.2 Å². The van der Waals surface area contributed by atoms with Gasteiger partial charge < -0.3 is 0 Å². The molecule has 0 fully saturated rings. The summed E-state index contributed by atoms with van der Waals surface area (Å²) < 4.78 is 1.04. The molecule has 1 aromatic carbocycles. The Hall–Kier alpha value is -0.520. The summed E-state index contributed by atoms with van der Waals surface area (Å²) in [5.74, 6) is 0.508. The molecule has 0 spiro atoms. The SMILES string of the molecule is N#CCCc1cc(Br)ccc1CCl. The quantitative estimate of drug-likeness (QED) is 0.759. The normalized spacial score (nSPS) is 9.62. The molecule has 0 aliphatic rings. The Morgan fingerprint density at radius 2 is 2.15 bits per heavy atom. The van der Waals surface area contributed by atoms with E-state index in [4.69, 9.17) is 16.9 Å². The summed E-state index contributed by atoms with van der Waals surface area (Å²) in [4.78, 5) is 0. The van der Waals surface area contributed by atoms with E-state index in [0.29, 0.717) is 12.3 Å². The summed E-state index contributed by atoms with van der Waals surface area (Å²) in [6.07, 6.45) is 1.32. The fraction of sp³-hybridized carbons (Fsp3) is 0.300. The van der Waals surface area contributed by atoms with Gasteiger partial charge in [0.05, 0.1) is 6.07 Å². The average molecular weight is 259 g/mol. The van der Waals surface area contributed by atoms with Crippen LogP contribution in [0.25, 0.3) is 0 Å². The highest BCUT2D eigenvalue weighted by Crippen LogP contribution is 2.19. The first-order chi connectivity index (χ1) is 6.27. The van der Waals surface area contributed by atoms with Crippen LogP contribution in [0, 0.1) is 11.3 Å². The van der Waals surface area contributed by atoms with Crippen LogP contribution in [0.1, 0.15) is 17.5 Å². The lowest BCUT2D eigenvalue weighted by Gasteiger charge is -2.05. The van der Waals surface area contributed by atoms with E-state index >= 15 is 0 Å². The number of rotatable bonds is 3. The van der Waals surface area contributed by atoms with E-state index < -0.39 is 0 Å². The van der Waals surface area contributed by atoms with Crippen LogP contribution in [0.5, 0.6) is 0 Å². The van der Waals surface area contributed by atoms with Gasteiger partial charge in [-0.15, -0.1) is 11.6 Å². The zero-order chi connectivity index (χ0) is 9.68. The van der Waals surface area contributed by atoms with Crippen LogP contribution in [0.3, 0.4) is 0 Å². The smallest absolute Gasteiger partial charge is 0.0625 e. The molecule has 0 aliphatic carbocycles. The van der Waals surface area contributed by atoms with Gasteiger partial charge in [-0.1, -0.05) is 22.0 Å². The highest BCUT2D eigenvalue weighted by atomic mass is 79.9. The van der Waals surface area contributed by atoms with Crippen LogP contribution in [0.15, 0.2) is 22.7 Å². The van der Waals surface area contributed by atoms with Gasteiger partial charge in [0.15, 0.2) is 0 Å². The van der Waals surface area contributed by atoms with Crippen LogP contribution in [0.4, 0.5) is 0 Å². The molecular weight excluding hydrogens is 249 g/mol. The van der Waals surface area contributed by atoms with E-state index in [1.165, 1.54) is 0 Å². The minimum atomic E-state index is 0.508. The highest BCUT2D eigenvalue weighted by molar-refractivity contribution is 9.10. The highest BCUT2D eigenvalue weighted by Gasteiger charge is 2.01. The first-order valence-electron chi connectivity index (χ1n) is 3.98. The van der Waals surface area contributed by atoms with E-state index in [1.54, 1.807) is 0 Å². The van der Waals surface area contributed by atoms with Crippen molar-refractivity contribution in [2.75, 3.05) is 0 Å². The molecule has 0 N–H and O–H groups in total. The van der Waals surface area contributed by atoms with Crippen molar-refractivity contribution in [3.05, 3.63) is 33.8 Å². The second-order valence-corrected chi connectivity index (χ2v) is 3.89. The maximum Gasteiger partial charge on any atom is 0.0625 e. The van der Waals surface area contributed by atoms with Crippen molar-refractivity contribution in [2.45, 2.75) is 18.7 Å². The van der Waals surface area contributed by atoms with E-state index in [2.05, 4.69) is 22.0 Å². The van der Waals surface area contributed by atoms with Crippen molar-refractivity contribution in [3.8, 4) is 6.07 Å². The molecular formula is C10H9BrClN. The average Bonchev–Trinajstić information content (AvgIpc) is 2.15. The van der Waals surface area contributed by atoms with E-state index in [9.17, 15) is 0 Å². The number of nitrogens with zero attached hydrogens (tertiary/aromatic N) is 1. The molecule has 3 heteroatoms. The van der Waals surface area contributed by atoms with Crippen LogP contribution in [-0.2, 0) is 12.3 Å². The molecule has 1 aromatic rings. The van der Waals surface area contributed by atoms with Gasteiger partial charge >= 0.3 is 0 Å². The third kappa shape index (κ3) is 3.02. The van der Waals surface area contributed by atoms with Crippen LogP contribution in [0.2, 0.25) is 0 Å². The first kappa shape index (κ1) is 10.6. The predicted octanol–water partition coefficient (Wildman–Crippen LogP) is 3.64. The lowest BCUT2D eigenvalue weighted by molar-refractivity contribution is 0.991. The standard InChI is InChI=1S/C10H9BrClN/c11-10-4-3-9(7-12)8(6-10)2-1-5-13/h3-4,6H,1-2,7H2. The minimum Gasteiger partial charge on any atom is -0.198 e. The number of aryl methyl sites for hydroxylation is 1. The summed E-state index contributed by atoms with van der Waals surface area (Å²) in [5, 5.41) is 8.47. The van der Waals surface area contributed by atoms with Crippen molar-refractivity contribution in [3.63, 3.8) is 0 Å². The Labute approximate surface area is 91.5 Å². The lowest BCUT2D eigenvalue weighted by atomic mass is 10.0. The molecule has 0 aliphatic heterocycles. The van der Waals surface area contributed by atoms with Gasteiger partial charge in [0.25, 0.3) is 0 Å². The zero-order valence-electron chi connectivity index (χ0n) is 7.06. The van der Waals surface area contributed by atoms with Gasteiger partial charge in [-0.25, -0.2) is 0 Å². The largest absolute Gasteiger partial charge is 0.198 e. The van der Waals surface area contributed by atoms with Crippen molar-refractivity contribution in [2.24, 2.45) is 0 Å². The molecule has 68 valence electrons. The molecule has 1 rings (SSSR count). The lowest BCUT2D eigenvalue weighted by Crippen LogP contribution is -1.91. The predicted molar refractivity (Wildman–Crippen MR) is 57.6 cm³/mol. The fourth-order valence-electron chi connectivity index (χ4n) is 1.15. The van der Waals surface area contributed by atoms with Gasteiger partial charge in [0.1, 0.15) is 0 Å². The summed E-state index contributed by atoms with van der Waals surface area (Å²) in [6.45, 7) is 0. The molecule has 0 saturated carbocycles. The third-order valence-electron chi connectivity index (χ3n) is 1.82. The molecule has 0 unspecified atom stereocenters. The summed E-state index contributed by atoms with van der Waals surface area (Å²) in [6, 6.07) is 8.11. The Morgan fingerprint density at radius 1 is 1.38 bits per heavy atom. The number of alkyl halides is 1. The van der Waals surface area contributed by atoms with E-state index in [-0.39, 0.29) is 0 Å². The number of hydrogen-bond donors (Lipinski definition) is 0. The van der Waals surface area contributed by atoms with Gasteiger partial charge in [-0.2, -0.15) is 5.26 Å². The number of halogens is 2. The Balaban J connectivity index is 2.89. The minimum absolute atomic E-state index is 0.508. The zero-order valence-corrected chi connectivity index (χ0v) is 9.40. The number of nitriles is 1. The van der Waals surface area contributed by atoms with Gasteiger partial charge in [-0.3, -0.25) is 0 Å². The first-order valence-corrected chi connectivity index (χ1v) is 5.31. The van der Waals surface area contributed by atoms with Crippen molar-refractivity contribution < 1.29 is 0 Å². The monoisotopic (exact) mass is 257 g/mol. The molecule has 0 atom stereocenters. The third-order valence-corrected chi connectivity index (χ3v) is 2.60.